The van der Waals surface area contributed by atoms with E-state index in [0.717, 1.165) is 22.7 Å². The first-order valence-electron chi connectivity index (χ1n) is 13.1. The molecule has 0 saturated carbocycles. The number of aromatic nitrogens is 4. The average molecular weight is 653 g/mol. The van der Waals surface area contributed by atoms with E-state index in [9.17, 15) is 34.3 Å². The van der Waals surface area contributed by atoms with Gasteiger partial charge in [-0.2, -0.15) is 4.98 Å². The molecule has 4 atom stereocenters. The van der Waals surface area contributed by atoms with Crippen molar-refractivity contribution < 1.29 is 48.0 Å². The number of aliphatic hydroxyl groups is 3. The van der Waals surface area contributed by atoms with Gasteiger partial charge >= 0.3 is 13.7 Å². The summed E-state index contributed by atoms with van der Waals surface area (Å²) < 4.78 is 36.0. The number of carbonyl (C=O) groups is 2. The highest BCUT2D eigenvalue weighted by molar-refractivity contribution is 8.13. The smallest absolute Gasteiger partial charge is 0.406 e. The zero-order valence-electron chi connectivity index (χ0n) is 25.1. The minimum Gasteiger partial charge on any atom is -0.459 e. The minimum absolute atomic E-state index is 0.0394. The number of hydrogen-bond acceptors (Lipinski definition) is 15. The Morgan fingerprint density at radius 1 is 1.23 bits per heavy atom. The van der Waals surface area contributed by atoms with E-state index in [4.69, 9.17) is 24.3 Å². The normalized spacial score (nSPS) is 16.8. The van der Waals surface area contributed by atoms with E-state index in [-0.39, 0.29) is 41.2 Å². The molecule has 7 N–H and O–H groups in total. The molecule has 43 heavy (non-hydrogen) atoms. The van der Waals surface area contributed by atoms with Crippen LogP contribution in [0.4, 0.5) is 5.95 Å². The van der Waals surface area contributed by atoms with Crippen LogP contribution in [0, 0.1) is 5.41 Å². The molecule has 0 saturated heterocycles. The van der Waals surface area contributed by atoms with Gasteiger partial charge in [0.1, 0.15) is 24.4 Å². The molecule has 0 bridgehead atoms. The van der Waals surface area contributed by atoms with Crippen LogP contribution in [0.1, 0.15) is 41.5 Å². The summed E-state index contributed by atoms with van der Waals surface area (Å²) in [7, 11) is -3.11. The highest BCUT2D eigenvalue weighted by atomic mass is 32.2. The molecule has 0 aliphatic heterocycles. The van der Waals surface area contributed by atoms with Crippen LogP contribution in [0.2, 0.25) is 0 Å². The Bertz CT molecular complexity index is 1370. The van der Waals surface area contributed by atoms with Crippen LogP contribution >= 0.6 is 19.5 Å². The van der Waals surface area contributed by atoms with Crippen LogP contribution in [0.5, 0.6) is 0 Å². The number of carbonyl (C=O) groups excluding carboxylic acids is 2. The van der Waals surface area contributed by atoms with Crippen molar-refractivity contribution in [3.8, 4) is 0 Å². The Morgan fingerprint density at radius 3 is 2.47 bits per heavy atom. The van der Waals surface area contributed by atoms with Crippen molar-refractivity contribution in [3.63, 3.8) is 0 Å². The summed E-state index contributed by atoms with van der Waals surface area (Å²) in [6.07, 6.45) is -2.06. The lowest BCUT2D eigenvalue weighted by Crippen LogP contribution is -2.51. The fraction of sp³-hybridized carbons (Fsp3) is 0.708. The van der Waals surface area contributed by atoms with Crippen LogP contribution in [0.15, 0.2) is 11.1 Å². The molecule has 0 aromatic carbocycles. The number of fused-ring (bicyclic) bond motifs is 1. The number of nitrogens with one attached hydrogen (secondary N) is 2. The SMILES string of the molecule is COC(COP(=O)(NCC(=O)OC(C)(C)C)OCCSC(=O)C(C)(C)CO)C(O)C(C)(O)n1cnc2c(=O)[nH]c(N)nc21. The van der Waals surface area contributed by atoms with Gasteiger partial charge in [-0.25, -0.2) is 14.6 Å². The maximum atomic E-state index is 13.6. The molecule has 2 aromatic rings. The number of esters is 1. The first-order valence-corrected chi connectivity index (χ1v) is 15.6. The van der Waals surface area contributed by atoms with Gasteiger partial charge in [-0.1, -0.05) is 11.8 Å². The Hall–Kier alpha value is -2.41. The topological polar surface area (TPSA) is 250 Å². The number of thioether (sulfide) groups is 1. The lowest BCUT2D eigenvalue weighted by atomic mass is 9.97. The second-order valence-corrected chi connectivity index (χ2v) is 14.2. The average Bonchev–Trinajstić information content (AvgIpc) is 3.34. The van der Waals surface area contributed by atoms with Gasteiger partial charge in [-0.05, 0) is 41.5 Å². The van der Waals surface area contributed by atoms with Gasteiger partial charge in [0, 0.05) is 12.9 Å². The molecule has 4 unspecified atom stereocenters. The van der Waals surface area contributed by atoms with Crippen LogP contribution in [-0.4, -0.2) is 103 Å². The maximum absolute atomic E-state index is 13.6. The summed E-state index contributed by atoms with van der Waals surface area (Å²) >= 11 is 0.854. The van der Waals surface area contributed by atoms with Gasteiger partial charge in [0.25, 0.3) is 5.56 Å². The number of ether oxygens (including phenoxy) is 2. The molecule has 17 nitrogen and oxygen atoms in total. The van der Waals surface area contributed by atoms with Crippen LogP contribution in [0.3, 0.4) is 0 Å². The first-order chi connectivity index (χ1) is 19.8. The highest BCUT2D eigenvalue weighted by Crippen LogP contribution is 2.44. The third-order valence-electron chi connectivity index (χ3n) is 5.90. The maximum Gasteiger partial charge on any atom is 0.406 e. The molecular formula is C24H41N6O11PS. The predicted molar refractivity (Wildman–Crippen MR) is 157 cm³/mol. The number of nitrogens with two attached hydrogens (primary N) is 1. The van der Waals surface area contributed by atoms with Gasteiger partial charge in [0.05, 0.1) is 31.6 Å². The summed E-state index contributed by atoms with van der Waals surface area (Å²) in [4.78, 5) is 46.9. The lowest BCUT2D eigenvalue weighted by molar-refractivity contribution is -0.173. The molecule has 2 heterocycles. The van der Waals surface area contributed by atoms with Crippen LogP contribution in [0.25, 0.3) is 11.2 Å². The fourth-order valence-electron chi connectivity index (χ4n) is 3.43. The molecule has 0 radical (unpaired) electrons. The lowest BCUT2D eigenvalue weighted by Gasteiger charge is -2.35. The summed E-state index contributed by atoms with van der Waals surface area (Å²) in [6, 6.07) is 0. The summed E-state index contributed by atoms with van der Waals surface area (Å²) in [5.74, 6) is -0.961. The van der Waals surface area contributed by atoms with Crippen molar-refractivity contribution in [2.45, 2.75) is 65.1 Å². The van der Waals surface area contributed by atoms with E-state index in [0.29, 0.717) is 0 Å². The number of hydrogen-bond donors (Lipinski definition) is 6. The number of methoxy groups -OCH3 is 1. The van der Waals surface area contributed by atoms with Gasteiger partial charge in [-0.15, -0.1) is 0 Å². The number of nitrogens with zero attached hydrogens (tertiary/aromatic N) is 3. The Balaban J connectivity index is 2.20. The van der Waals surface area contributed by atoms with E-state index >= 15 is 0 Å². The Morgan fingerprint density at radius 2 is 1.88 bits per heavy atom. The van der Waals surface area contributed by atoms with E-state index in [1.165, 1.54) is 14.0 Å². The third kappa shape index (κ3) is 10.1. The number of anilines is 1. The summed E-state index contributed by atoms with van der Waals surface area (Å²) in [5, 5.41) is 33.8. The molecule has 0 amide bonds. The molecule has 0 aliphatic rings. The monoisotopic (exact) mass is 652 g/mol. The second-order valence-electron chi connectivity index (χ2n) is 11.3. The third-order valence-corrected chi connectivity index (χ3v) is 8.64. The molecule has 19 heteroatoms. The van der Waals surface area contributed by atoms with Crippen molar-refractivity contribution in [2.75, 3.05) is 45.0 Å². The Kier molecular flexibility index (Phi) is 12.5. The number of rotatable bonds is 16. The molecule has 2 aromatic heterocycles. The van der Waals surface area contributed by atoms with Crippen LogP contribution < -0.4 is 16.4 Å². The van der Waals surface area contributed by atoms with Crippen molar-refractivity contribution in [1.29, 1.82) is 0 Å². The number of H-pyrrole nitrogens is 1. The number of aromatic amines is 1. The van der Waals surface area contributed by atoms with E-state index < -0.39 is 61.4 Å². The van der Waals surface area contributed by atoms with Gasteiger partial charge in [0.2, 0.25) is 5.95 Å². The minimum atomic E-state index is -4.31. The second kappa shape index (κ2) is 14.6. The predicted octanol–water partition coefficient (Wildman–Crippen LogP) is 0.0936. The Labute approximate surface area is 252 Å². The number of imidazole rings is 1. The molecular weight excluding hydrogens is 611 g/mol. The van der Waals surface area contributed by atoms with Crippen molar-refractivity contribution >= 4 is 47.7 Å². The zero-order chi connectivity index (χ0) is 32.8. The number of aliphatic hydroxyl groups excluding tert-OH is 2. The van der Waals surface area contributed by atoms with Crippen LogP contribution in [-0.2, 0) is 38.4 Å². The fourth-order valence-corrected chi connectivity index (χ4v) is 5.62. The van der Waals surface area contributed by atoms with Gasteiger partial charge < -0.3 is 30.5 Å². The van der Waals surface area contributed by atoms with Crippen molar-refractivity contribution in [2.24, 2.45) is 5.41 Å². The number of nitrogen functional groups attached to an aromatic ring is 1. The summed E-state index contributed by atoms with van der Waals surface area (Å²) in [5.41, 5.74) is 0.687. The first kappa shape index (κ1) is 36.8. The van der Waals surface area contributed by atoms with Gasteiger partial charge in [-0.3, -0.25) is 33.0 Å². The molecule has 244 valence electrons. The van der Waals surface area contributed by atoms with Crippen molar-refractivity contribution in [3.05, 3.63) is 16.7 Å². The summed E-state index contributed by atoms with van der Waals surface area (Å²) in [6.45, 7) is 7.47. The van der Waals surface area contributed by atoms with E-state index in [2.05, 4.69) is 20.0 Å². The molecule has 0 spiro atoms. The molecule has 2 rings (SSSR count). The standard InChI is InChI=1S/C24H41N6O11PS/c1-22(2,3)41-15(32)10-27-42(37,39-8-9-43-20(35)23(4,5)12-31)40-11-14(38-7)17(33)24(6,36)30-13-26-16-18(30)28-21(25)29-19(16)34/h13-14,17,31,33,36H,8-12H2,1-7H3,(H,27,37)(H3,25,28,29,34). The van der Waals surface area contributed by atoms with Crippen molar-refractivity contribution in [1.82, 2.24) is 24.6 Å². The quantitative estimate of drug-likeness (QED) is 0.0798. The largest absolute Gasteiger partial charge is 0.459 e. The molecule has 0 fully saturated rings. The van der Waals surface area contributed by atoms with E-state index in [1.807, 2.05) is 0 Å². The zero-order valence-corrected chi connectivity index (χ0v) is 26.9. The molecule has 0 aliphatic carbocycles. The van der Waals surface area contributed by atoms with Gasteiger partial charge in [0.15, 0.2) is 22.0 Å². The van der Waals surface area contributed by atoms with E-state index in [1.54, 1.807) is 34.6 Å². The highest BCUT2D eigenvalue weighted by Gasteiger charge is 2.41.